The van der Waals surface area contributed by atoms with Gasteiger partial charge in [0.1, 0.15) is 0 Å². The lowest BCUT2D eigenvalue weighted by molar-refractivity contribution is 0.403. The summed E-state index contributed by atoms with van der Waals surface area (Å²) in [5.41, 5.74) is 0. The first kappa shape index (κ1) is 12.6. The number of anilines is 1. The van der Waals surface area contributed by atoms with Gasteiger partial charge in [0.05, 0.1) is 4.88 Å². The molecule has 1 aliphatic heterocycles. The second-order valence-corrected chi connectivity index (χ2v) is 6.56. The predicted molar refractivity (Wildman–Crippen MR) is 78.7 cm³/mol. The zero-order valence-corrected chi connectivity index (χ0v) is 12.3. The summed E-state index contributed by atoms with van der Waals surface area (Å²) in [6, 6.07) is 5.13. The van der Waals surface area contributed by atoms with Crippen LogP contribution in [0.5, 0.6) is 0 Å². The van der Waals surface area contributed by atoms with Gasteiger partial charge in [0.15, 0.2) is 5.82 Å². The lowest BCUT2D eigenvalue weighted by Gasteiger charge is -2.35. The average Bonchev–Trinajstić information content (AvgIpc) is 2.95. The maximum atomic E-state index is 4.63. The van der Waals surface area contributed by atoms with Gasteiger partial charge >= 0.3 is 0 Å². The Balaban J connectivity index is 1.81. The van der Waals surface area contributed by atoms with Gasteiger partial charge in [0.2, 0.25) is 5.95 Å². The molecule has 5 nitrogen and oxygen atoms in total. The maximum Gasteiger partial charge on any atom is 0.245 e. The zero-order chi connectivity index (χ0) is 13.4. The molecule has 2 aromatic rings. The highest BCUT2D eigenvalue weighted by atomic mass is 32.1. The van der Waals surface area contributed by atoms with Crippen LogP contribution in [-0.4, -0.2) is 40.4 Å². The van der Waals surface area contributed by atoms with Gasteiger partial charge in [-0.15, -0.1) is 16.4 Å². The van der Waals surface area contributed by atoms with Crippen molar-refractivity contribution in [2.45, 2.75) is 32.9 Å². The second-order valence-electron chi connectivity index (χ2n) is 5.27. The van der Waals surface area contributed by atoms with Crippen LogP contribution in [-0.2, 0) is 0 Å². The van der Waals surface area contributed by atoms with Crippen molar-refractivity contribution in [1.82, 2.24) is 20.5 Å². The van der Waals surface area contributed by atoms with Crippen LogP contribution < -0.4 is 10.2 Å². The molecule has 1 fully saturated rings. The van der Waals surface area contributed by atoms with Crippen LogP contribution in [0.25, 0.3) is 10.7 Å². The van der Waals surface area contributed by atoms with Crippen molar-refractivity contribution >= 4 is 17.3 Å². The number of H-pyrrole nitrogens is 1. The molecule has 2 unspecified atom stereocenters. The minimum Gasteiger partial charge on any atom is -0.336 e. The minimum atomic E-state index is 0.467. The molecule has 0 amide bonds. The van der Waals surface area contributed by atoms with E-state index in [2.05, 4.69) is 58.3 Å². The van der Waals surface area contributed by atoms with Crippen LogP contribution in [0.2, 0.25) is 0 Å². The Bertz CT molecular complexity index is 551. The third-order valence-electron chi connectivity index (χ3n) is 3.29. The molecule has 6 heteroatoms. The average molecular weight is 277 g/mol. The number of thiophene rings is 1. The number of aryl methyl sites for hydroxylation is 1. The fraction of sp³-hybridized carbons (Fsp3) is 0.538. The van der Waals surface area contributed by atoms with Crippen molar-refractivity contribution in [2.24, 2.45) is 0 Å². The van der Waals surface area contributed by atoms with Crippen LogP contribution >= 0.6 is 11.3 Å². The number of nitrogens with zero attached hydrogens (tertiary/aromatic N) is 3. The molecule has 0 aromatic carbocycles. The Hall–Kier alpha value is -1.40. The normalized spacial score (nSPS) is 23.8. The fourth-order valence-electron chi connectivity index (χ4n) is 2.56. The summed E-state index contributed by atoms with van der Waals surface area (Å²) in [5.74, 6) is 1.67. The number of hydrogen-bond acceptors (Lipinski definition) is 5. The highest BCUT2D eigenvalue weighted by Gasteiger charge is 2.23. The fourth-order valence-corrected chi connectivity index (χ4v) is 3.36. The monoisotopic (exact) mass is 277 g/mol. The molecule has 0 radical (unpaired) electrons. The predicted octanol–water partition coefficient (Wildman–Crippen LogP) is 2.03. The Morgan fingerprint density at radius 1 is 1.26 bits per heavy atom. The molecule has 3 rings (SSSR count). The van der Waals surface area contributed by atoms with Gasteiger partial charge in [0.25, 0.3) is 0 Å². The molecular weight excluding hydrogens is 258 g/mol. The van der Waals surface area contributed by atoms with Crippen LogP contribution in [0.3, 0.4) is 0 Å². The molecule has 0 aliphatic carbocycles. The van der Waals surface area contributed by atoms with Crippen LogP contribution in [0.4, 0.5) is 5.95 Å². The van der Waals surface area contributed by atoms with E-state index in [1.54, 1.807) is 11.3 Å². The summed E-state index contributed by atoms with van der Waals surface area (Å²) in [4.78, 5) is 9.31. The zero-order valence-electron chi connectivity index (χ0n) is 11.5. The number of nitrogens with one attached hydrogen (secondary N) is 2. The van der Waals surface area contributed by atoms with Gasteiger partial charge in [-0.25, -0.2) is 0 Å². The van der Waals surface area contributed by atoms with E-state index in [1.807, 2.05) is 0 Å². The summed E-state index contributed by atoms with van der Waals surface area (Å²) in [7, 11) is 0. The molecule has 2 N–H and O–H groups in total. The number of hydrogen-bond donors (Lipinski definition) is 2. The second kappa shape index (κ2) is 4.94. The molecule has 2 aromatic heterocycles. The summed E-state index contributed by atoms with van der Waals surface area (Å²) >= 11 is 1.74. The van der Waals surface area contributed by atoms with Gasteiger partial charge in [-0.3, -0.25) is 5.10 Å². The molecule has 102 valence electrons. The minimum absolute atomic E-state index is 0.467. The van der Waals surface area contributed by atoms with Crippen molar-refractivity contribution < 1.29 is 0 Å². The molecule has 2 atom stereocenters. The largest absolute Gasteiger partial charge is 0.336 e. The van der Waals surface area contributed by atoms with Gasteiger partial charge in [-0.05, 0) is 32.9 Å². The van der Waals surface area contributed by atoms with Gasteiger partial charge in [0, 0.05) is 30.1 Å². The van der Waals surface area contributed by atoms with Crippen molar-refractivity contribution in [2.75, 3.05) is 18.0 Å². The Labute approximate surface area is 117 Å². The summed E-state index contributed by atoms with van der Waals surface area (Å²) in [6.07, 6.45) is 0. The maximum absolute atomic E-state index is 4.63. The molecular formula is C13H19N5S. The lowest BCUT2D eigenvalue weighted by atomic mass is 10.1. The van der Waals surface area contributed by atoms with Gasteiger partial charge in [-0.2, -0.15) is 4.98 Å². The smallest absolute Gasteiger partial charge is 0.245 e. The van der Waals surface area contributed by atoms with Gasteiger partial charge in [-0.1, -0.05) is 0 Å². The summed E-state index contributed by atoms with van der Waals surface area (Å²) < 4.78 is 0. The molecule has 1 saturated heterocycles. The number of piperazine rings is 1. The van der Waals surface area contributed by atoms with Crippen LogP contribution in [0.1, 0.15) is 18.7 Å². The topological polar surface area (TPSA) is 56.8 Å². The Morgan fingerprint density at radius 2 is 2.00 bits per heavy atom. The number of aromatic amines is 1. The molecule has 3 heterocycles. The SMILES string of the molecule is Cc1ccc(-c2nc(N3CC(C)NC(C)C3)n[nH]2)s1. The van der Waals surface area contributed by atoms with E-state index in [1.165, 1.54) is 4.88 Å². The lowest BCUT2D eigenvalue weighted by Crippen LogP contribution is -2.54. The first-order valence-electron chi connectivity index (χ1n) is 6.62. The molecule has 19 heavy (non-hydrogen) atoms. The molecule has 0 saturated carbocycles. The molecule has 0 spiro atoms. The Kier molecular flexibility index (Phi) is 3.28. The summed E-state index contributed by atoms with van der Waals surface area (Å²) in [5, 5.41) is 10.9. The van der Waals surface area contributed by atoms with E-state index in [0.29, 0.717) is 12.1 Å². The van der Waals surface area contributed by atoms with Crippen molar-refractivity contribution in [1.29, 1.82) is 0 Å². The third-order valence-corrected chi connectivity index (χ3v) is 4.30. The first-order chi connectivity index (χ1) is 9.11. The first-order valence-corrected chi connectivity index (χ1v) is 7.43. The van der Waals surface area contributed by atoms with E-state index < -0.39 is 0 Å². The van der Waals surface area contributed by atoms with Crippen molar-refractivity contribution in [3.63, 3.8) is 0 Å². The van der Waals surface area contributed by atoms with E-state index >= 15 is 0 Å². The van der Waals surface area contributed by atoms with E-state index in [0.717, 1.165) is 29.7 Å². The quantitative estimate of drug-likeness (QED) is 0.882. The van der Waals surface area contributed by atoms with Crippen molar-refractivity contribution in [3.05, 3.63) is 17.0 Å². The molecule has 1 aliphatic rings. The van der Waals surface area contributed by atoms with E-state index in [9.17, 15) is 0 Å². The van der Waals surface area contributed by atoms with E-state index in [-0.39, 0.29) is 0 Å². The highest BCUT2D eigenvalue weighted by molar-refractivity contribution is 7.15. The van der Waals surface area contributed by atoms with Crippen LogP contribution in [0.15, 0.2) is 12.1 Å². The Morgan fingerprint density at radius 3 is 2.63 bits per heavy atom. The molecule has 0 bridgehead atoms. The standard InChI is InChI=1S/C13H19N5S/c1-8-6-18(7-9(2)14-8)13-15-12(16-17-13)11-5-4-10(3)19-11/h4-5,8-9,14H,6-7H2,1-3H3,(H,15,16,17). The van der Waals surface area contributed by atoms with Gasteiger partial charge < -0.3 is 10.2 Å². The van der Waals surface area contributed by atoms with E-state index in [4.69, 9.17) is 0 Å². The van der Waals surface area contributed by atoms with Crippen molar-refractivity contribution in [3.8, 4) is 10.7 Å². The highest BCUT2D eigenvalue weighted by Crippen LogP contribution is 2.26. The number of aromatic nitrogens is 3. The van der Waals surface area contributed by atoms with Crippen LogP contribution in [0, 0.1) is 6.92 Å². The number of rotatable bonds is 2. The summed E-state index contributed by atoms with van der Waals surface area (Å²) in [6.45, 7) is 8.39. The third kappa shape index (κ3) is 2.64.